The molecule has 21 heavy (non-hydrogen) atoms. The van der Waals surface area contributed by atoms with Crippen molar-refractivity contribution in [3.05, 3.63) is 33.3 Å². The molecule has 1 aromatic rings. The van der Waals surface area contributed by atoms with Gasteiger partial charge in [-0.15, -0.1) is 0 Å². The van der Waals surface area contributed by atoms with E-state index >= 15 is 0 Å². The predicted molar refractivity (Wildman–Crippen MR) is 79.4 cm³/mol. The van der Waals surface area contributed by atoms with Gasteiger partial charge in [-0.05, 0) is 50.5 Å². The Morgan fingerprint density at radius 1 is 1.38 bits per heavy atom. The fourth-order valence-electron chi connectivity index (χ4n) is 2.25. The molecule has 0 saturated heterocycles. The molecule has 0 spiro atoms. The van der Waals surface area contributed by atoms with Crippen LogP contribution in [0, 0.1) is 0 Å². The monoisotopic (exact) mass is 361 g/mol. The molecule has 3 nitrogen and oxygen atoms in total. The Morgan fingerprint density at radius 2 is 2.05 bits per heavy atom. The summed E-state index contributed by atoms with van der Waals surface area (Å²) in [5, 5.41) is 0. The number of ether oxygens (including phenoxy) is 1. The lowest BCUT2D eigenvalue weighted by Crippen LogP contribution is -2.40. The number of carbonyl (C=O) groups excluding carboxylic acids is 1. The largest absolute Gasteiger partial charge is 0.444 e. The van der Waals surface area contributed by atoms with Crippen molar-refractivity contribution in [1.29, 1.82) is 0 Å². The van der Waals surface area contributed by atoms with Crippen molar-refractivity contribution >= 4 is 22.0 Å². The van der Waals surface area contributed by atoms with Gasteiger partial charge in [-0.2, -0.15) is 0 Å². The quantitative estimate of drug-likeness (QED) is 0.726. The Labute approximate surface area is 131 Å². The molecule has 0 unspecified atom stereocenters. The van der Waals surface area contributed by atoms with Crippen LogP contribution in [0.3, 0.4) is 0 Å². The second-order valence-electron chi connectivity index (χ2n) is 6.09. The van der Waals surface area contributed by atoms with Gasteiger partial charge in [0.1, 0.15) is 5.60 Å². The Kier molecular flexibility index (Phi) is 4.56. The maximum atomic E-state index is 12.8. The summed E-state index contributed by atoms with van der Waals surface area (Å²) in [5.74, 6) is 0. The van der Waals surface area contributed by atoms with Gasteiger partial charge < -0.3 is 9.64 Å². The molecule has 0 aromatic heterocycles. The number of amides is 1. The first-order chi connectivity index (χ1) is 9.67. The van der Waals surface area contributed by atoms with Gasteiger partial charge >= 0.3 is 6.09 Å². The number of carbonyl (C=O) groups is 1. The Morgan fingerprint density at radius 3 is 2.62 bits per heavy atom. The molecule has 1 heterocycles. The molecule has 1 aromatic carbocycles. The lowest BCUT2D eigenvalue weighted by molar-refractivity contribution is 0.0223. The van der Waals surface area contributed by atoms with E-state index in [1.165, 1.54) is 12.1 Å². The lowest BCUT2D eigenvalue weighted by atomic mass is 9.97. The minimum Gasteiger partial charge on any atom is -0.444 e. The Balaban J connectivity index is 2.19. The second-order valence-corrected chi connectivity index (χ2v) is 6.95. The van der Waals surface area contributed by atoms with Crippen molar-refractivity contribution < 1.29 is 18.3 Å². The normalized spacial score (nSPS) is 15.1. The highest BCUT2D eigenvalue weighted by Gasteiger charge is 2.27. The van der Waals surface area contributed by atoms with E-state index in [1.54, 1.807) is 4.90 Å². The molecule has 0 N–H and O–H groups in total. The van der Waals surface area contributed by atoms with Crippen LogP contribution in [-0.4, -0.2) is 23.1 Å². The zero-order valence-electron chi connectivity index (χ0n) is 12.3. The van der Waals surface area contributed by atoms with Crippen molar-refractivity contribution in [2.24, 2.45) is 0 Å². The van der Waals surface area contributed by atoms with E-state index in [0.717, 1.165) is 11.1 Å². The van der Waals surface area contributed by atoms with E-state index in [9.17, 15) is 13.6 Å². The molecule has 0 saturated carbocycles. The van der Waals surface area contributed by atoms with E-state index in [1.807, 2.05) is 20.8 Å². The molecule has 0 aliphatic carbocycles. The first-order valence-electron chi connectivity index (χ1n) is 6.74. The van der Waals surface area contributed by atoms with Gasteiger partial charge in [0, 0.05) is 16.6 Å². The molecule has 0 radical (unpaired) electrons. The number of nitrogens with zero attached hydrogens (tertiary/aromatic N) is 1. The van der Waals surface area contributed by atoms with Crippen molar-refractivity contribution in [2.45, 2.75) is 45.8 Å². The minimum absolute atomic E-state index is 0.00587. The van der Waals surface area contributed by atoms with Gasteiger partial charge in [-0.25, -0.2) is 13.6 Å². The summed E-state index contributed by atoms with van der Waals surface area (Å²) in [6, 6.07) is 2.94. The average molecular weight is 362 g/mol. The number of benzene rings is 1. The molecular weight excluding hydrogens is 344 g/mol. The number of rotatable bonds is 1. The van der Waals surface area contributed by atoms with Crippen LogP contribution in [0.2, 0.25) is 0 Å². The number of halogens is 3. The molecular formula is C15H18BrF2NO2. The van der Waals surface area contributed by atoms with Crippen molar-refractivity contribution in [3.8, 4) is 0 Å². The fourth-order valence-corrected chi connectivity index (χ4v) is 2.89. The Bertz CT molecular complexity index is 555. The lowest BCUT2D eigenvalue weighted by Gasteiger charge is -2.32. The van der Waals surface area contributed by atoms with E-state index in [-0.39, 0.29) is 11.7 Å². The molecule has 2 rings (SSSR count). The minimum atomic E-state index is -2.49. The fraction of sp³-hybridized carbons (Fsp3) is 0.533. The zero-order chi connectivity index (χ0) is 15.8. The van der Waals surface area contributed by atoms with Crippen LogP contribution in [0.25, 0.3) is 0 Å². The average Bonchev–Trinajstić information content (AvgIpc) is 2.36. The smallest absolute Gasteiger partial charge is 0.410 e. The van der Waals surface area contributed by atoms with E-state index in [2.05, 4.69) is 15.9 Å². The summed E-state index contributed by atoms with van der Waals surface area (Å²) in [6.07, 6.45) is -2.32. The molecule has 0 bridgehead atoms. The summed E-state index contributed by atoms with van der Waals surface area (Å²) in [6.45, 7) is 6.28. The molecule has 6 heteroatoms. The van der Waals surface area contributed by atoms with Gasteiger partial charge in [-0.1, -0.05) is 15.9 Å². The summed E-state index contributed by atoms with van der Waals surface area (Å²) in [4.78, 5) is 13.7. The highest BCUT2D eigenvalue weighted by atomic mass is 79.9. The van der Waals surface area contributed by atoms with Gasteiger partial charge in [0.2, 0.25) is 0 Å². The number of fused-ring (bicyclic) bond motifs is 1. The maximum absolute atomic E-state index is 12.8. The third kappa shape index (κ3) is 3.93. The summed E-state index contributed by atoms with van der Waals surface area (Å²) >= 11 is 3.33. The first kappa shape index (κ1) is 16.2. The number of alkyl halides is 2. The Hall–Kier alpha value is -1.17. The summed E-state index contributed by atoms with van der Waals surface area (Å²) in [7, 11) is 0. The van der Waals surface area contributed by atoms with Crippen molar-refractivity contribution in [1.82, 2.24) is 4.90 Å². The van der Waals surface area contributed by atoms with Crippen LogP contribution in [0.4, 0.5) is 13.6 Å². The second kappa shape index (κ2) is 5.91. The van der Waals surface area contributed by atoms with Crippen LogP contribution in [0.15, 0.2) is 16.6 Å². The van der Waals surface area contributed by atoms with Crippen LogP contribution < -0.4 is 0 Å². The predicted octanol–water partition coefficient (Wildman–Crippen LogP) is 4.68. The third-order valence-electron chi connectivity index (χ3n) is 3.21. The highest BCUT2D eigenvalue weighted by molar-refractivity contribution is 9.10. The standard InChI is InChI=1S/C15H18BrF2NO2/c1-15(2,3)21-14(20)19-5-4-9-6-10(13(17)18)7-12(16)11(9)8-19/h6-7,13H,4-5,8H2,1-3H3. The molecule has 1 aliphatic heterocycles. The maximum Gasteiger partial charge on any atom is 0.410 e. The highest BCUT2D eigenvalue weighted by Crippen LogP contribution is 2.32. The van der Waals surface area contributed by atoms with Crippen molar-refractivity contribution in [3.63, 3.8) is 0 Å². The molecule has 0 fully saturated rings. The van der Waals surface area contributed by atoms with Crippen LogP contribution in [0.1, 0.15) is 43.9 Å². The molecule has 0 atom stereocenters. The van der Waals surface area contributed by atoms with Gasteiger partial charge in [-0.3, -0.25) is 0 Å². The molecule has 1 aliphatic rings. The number of hydrogen-bond acceptors (Lipinski definition) is 2. The van der Waals surface area contributed by atoms with Crippen molar-refractivity contribution in [2.75, 3.05) is 6.54 Å². The van der Waals surface area contributed by atoms with Gasteiger partial charge in [0.05, 0.1) is 6.54 Å². The molecule has 1 amide bonds. The van der Waals surface area contributed by atoms with E-state index in [0.29, 0.717) is 24.0 Å². The summed E-state index contributed by atoms with van der Waals surface area (Å²) in [5.41, 5.74) is 1.19. The van der Waals surface area contributed by atoms with E-state index < -0.39 is 12.0 Å². The topological polar surface area (TPSA) is 29.5 Å². The SMILES string of the molecule is CC(C)(C)OC(=O)N1CCc2cc(C(F)F)cc(Br)c2C1. The first-order valence-corrected chi connectivity index (χ1v) is 7.54. The molecule has 116 valence electrons. The summed E-state index contributed by atoms with van der Waals surface area (Å²) < 4.78 is 31.6. The number of hydrogen-bond donors (Lipinski definition) is 0. The van der Waals surface area contributed by atoms with Crippen LogP contribution >= 0.6 is 15.9 Å². The van der Waals surface area contributed by atoms with Gasteiger partial charge in [0.25, 0.3) is 6.43 Å². The van der Waals surface area contributed by atoms with Crippen LogP contribution in [-0.2, 0) is 17.7 Å². The van der Waals surface area contributed by atoms with E-state index in [4.69, 9.17) is 4.74 Å². The van der Waals surface area contributed by atoms with Gasteiger partial charge in [0.15, 0.2) is 0 Å². The van der Waals surface area contributed by atoms with Crippen LogP contribution in [0.5, 0.6) is 0 Å². The third-order valence-corrected chi connectivity index (χ3v) is 3.92. The zero-order valence-corrected chi connectivity index (χ0v) is 13.8.